The van der Waals surface area contributed by atoms with Crippen LogP contribution in [-0.2, 0) is 14.6 Å². The normalized spacial score (nSPS) is 11.4. The van der Waals surface area contributed by atoms with Crippen LogP contribution in [0.3, 0.4) is 0 Å². The number of carbonyl (C=O) groups excluding carboxylic acids is 1. The van der Waals surface area contributed by atoms with Crippen LogP contribution in [0, 0.1) is 11.7 Å². The molecule has 0 heterocycles. The Morgan fingerprint density at radius 1 is 1.12 bits per heavy atom. The van der Waals surface area contributed by atoms with Crippen LogP contribution in [0.5, 0.6) is 11.5 Å². The molecule has 1 N–H and O–H groups in total. The number of anilines is 1. The van der Waals surface area contributed by atoms with Gasteiger partial charge in [0.25, 0.3) is 0 Å². The van der Waals surface area contributed by atoms with Gasteiger partial charge in [-0.05, 0) is 30.2 Å². The molecule has 0 saturated heterocycles. The third kappa shape index (κ3) is 5.86. The summed E-state index contributed by atoms with van der Waals surface area (Å²) in [5, 5.41) is 2.31. The van der Waals surface area contributed by atoms with Crippen LogP contribution in [0.25, 0.3) is 0 Å². The second-order valence-electron chi connectivity index (χ2n) is 6.02. The molecule has 1 amide bonds. The maximum atomic E-state index is 14.1. The molecule has 0 unspecified atom stereocenters. The number of carbonyl (C=O) groups is 1. The third-order valence-corrected chi connectivity index (χ3v) is 5.03. The maximum absolute atomic E-state index is 14.1. The van der Waals surface area contributed by atoms with E-state index in [9.17, 15) is 17.6 Å². The third-order valence-electron chi connectivity index (χ3n) is 3.15. The fourth-order valence-corrected chi connectivity index (χ4v) is 3.87. The van der Waals surface area contributed by atoms with Gasteiger partial charge in [0, 0.05) is 0 Å². The van der Waals surface area contributed by atoms with E-state index >= 15 is 0 Å². The van der Waals surface area contributed by atoms with Crippen LogP contribution < -0.4 is 10.1 Å². The SMILES string of the molecule is CC(C)CS(=O)(=O)CC(=O)Nc1c(F)cccc1Oc1ccccc1. The number of sulfone groups is 1. The summed E-state index contributed by atoms with van der Waals surface area (Å²) >= 11 is 0. The van der Waals surface area contributed by atoms with Gasteiger partial charge in [-0.15, -0.1) is 0 Å². The van der Waals surface area contributed by atoms with Crippen LogP contribution in [-0.4, -0.2) is 25.8 Å². The molecule has 2 rings (SSSR count). The lowest BCUT2D eigenvalue weighted by atomic mass is 10.2. The highest BCUT2D eigenvalue weighted by Gasteiger charge is 2.21. The molecule has 0 fully saturated rings. The van der Waals surface area contributed by atoms with E-state index in [1.54, 1.807) is 44.2 Å². The summed E-state index contributed by atoms with van der Waals surface area (Å²) in [7, 11) is -3.56. The number of hydrogen-bond donors (Lipinski definition) is 1. The molecule has 0 aromatic heterocycles. The van der Waals surface area contributed by atoms with Gasteiger partial charge < -0.3 is 10.1 Å². The maximum Gasteiger partial charge on any atom is 0.239 e. The molecule has 0 atom stereocenters. The quantitative estimate of drug-likeness (QED) is 0.813. The molecule has 0 aliphatic heterocycles. The summed E-state index contributed by atoms with van der Waals surface area (Å²) in [6.07, 6.45) is 0. The molecule has 0 bridgehead atoms. The molecule has 0 radical (unpaired) electrons. The van der Waals surface area contributed by atoms with Crippen molar-refractivity contribution in [2.75, 3.05) is 16.8 Å². The first-order chi connectivity index (χ1) is 11.8. The molecule has 25 heavy (non-hydrogen) atoms. The second kappa shape index (κ2) is 8.11. The fourth-order valence-electron chi connectivity index (χ4n) is 2.27. The molecular weight excluding hydrogens is 345 g/mol. The number of benzene rings is 2. The largest absolute Gasteiger partial charge is 0.455 e. The van der Waals surface area contributed by atoms with Crippen LogP contribution in [0.15, 0.2) is 48.5 Å². The van der Waals surface area contributed by atoms with Crippen molar-refractivity contribution in [3.63, 3.8) is 0 Å². The van der Waals surface area contributed by atoms with Crippen molar-refractivity contribution in [3.05, 3.63) is 54.3 Å². The van der Waals surface area contributed by atoms with Gasteiger partial charge in [-0.2, -0.15) is 0 Å². The molecule has 2 aromatic rings. The van der Waals surface area contributed by atoms with Crippen molar-refractivity contribution in [3.8, 4) is 11.5 Å². The van der Waals surface area contributed by atoms with E-state index in [0.29, 0.717) is 5.75 Å². The molecule has 0 aliphatic carbocycles. The van der Waals surface area contributed by atoms with E-state index in [1.807, 2.05) is 0 Å². The number of halogens is 1. The van der Waals surface area contributed by atoms with Gasteiger partial charge in [0.15, 0.2) is 21.4 Å². The zero-order chi connectivity index (χ0) is 18.4. The second-order valence-corrected chi connectivity index (χ2v) is 8.13. The molecule has 7 heteroatoms. The van der Waals surface area contributed by atoms with Gasteiger partial charge in [-0.25, -0.2) is 12.8 Å². The Labute approximate surface area is 146 Å². The monoisotopic (exact) mass is 365 g/mol. The van der Waals surface area contributed by atoms with Crippen LogP contribution >= 0.6 is 0 Å². The number of hydrogen-bond acceptors (Lipinski definition) is 4. The van der Waals surface area contributed by atoms with Crippen LogP contribution in [0.4, 0.5) is 10.1 Å². The summed E-state index contributed by atoms with van der Waals surface area (Å²) in [4.78, 5) is 12.1. The van der Waals surface area contributed by atoms with E-state index in [-0.39, 0.29) is 23.1 Å². The molecule has 5 nitrogen and oxygen atoms in total. The van der Waals surface area contributed by atoms with Crippen LogP contribution in [0.1, 0.15) is 13.8 Å². The molecular formula is C18H20FNO4S. The lowest BCUT2D eigenvalue weighted by Gasteiger charge is -2.13. The van der Waals surface area contributed by atoms with Crippen LogP contribution in [0.2, 0.25) is 0 Å². The molecule has 2 aromatic carbocycles. The highest BCUT2D eigenvalue weighted by molar-refractivity contribution is 7.92. The first kappa shape index (κ1) is 18.9. The average molecular weight is 365 g/mol. The van der Waals surface area contributed by atoms with E-state index in [2.05, 4.69) is 5.32 Å². The Morgan fingerprint density at radius 3 is 2.44 bits per heavy atom. The standard InChI is InChI=1S/C18H20FNO4S/c1-13(2)11-25(22,23)12-17(21)20-18-15(19)9-6-10-16(18)24-14-7-4-3-5-8-14/h3-10,13H,11-12H2,1-2H3,(H,20,21). The van der Waals surface area contributed by atoms with Crippen molar-refractivity contribution in [1.29, 1.82) is 0 Å². The topological polar surface area (TPSA) is 72.5 Å². The first-order valence-electron chi connectivity index (χ1n) is 7.78. The summed E-state index contributed by atoms with van der Waals surface area (Å²) in [6, 6.07) is 12.8. The number of amides is 1. The summed E-state index contributed by atoms with van der Waals surface area (Å²) in [6.45, 7) is 3.50. The average Bonchev–Trinajstić information content (AvgIpc) is 2.50. The van der Waals surface area contributed by atoms with Crippen molar-refractivity contribution in [1.82, 2.24) is 0 Å². The fraction of sp³-hybridized carbons (Fsp3) is 0.278. The zero-order valence-corrected chi connectivity index (χ0v) is 14.8. The van der Waals surface area contributed by atoms with Gasteiger partial charge in [0.2, 0.25) is 5.91 Å². The Hall–Kier alpha value is -2.41. The van der Waals surface area contributed by atoms with Gasteiger partial charge in [0.1, 0.15) is 17.2 Å². The molecule has 0 saturated carbocycles. The Morgan fingerprint density at radius 2 is 1.80 bits per heavy atom. The highest BCUT2D eigenvalue weighted by atomic mass is 32.2. The number of para-hydroxylation sites is 2. The summed E-state index contributed by atoms with van der Waals surface area (Å²) in [5.41, 5.74) is -0.184. The Bertz CT molecular complexity index is 835. The smallest absolute Gasteiger partial charge is 0.239 e. The summed E-state index contributed by atoms with van der Waals surface area (Å²) in [5.74, 6) is -1.85. The Kier molecular flexibility index (Phi) is 6.14. The van der Waals surface area contributed by atoms with Gasteiger partial charge in [0.05, 0.1) is 5.75 Å². The van der Waals surface area contributed by atoms with E-state index in [0.717, 1.165) is 6.07 Å². The van der Waals surface area contributed by atoms with Gasteiger partial charge >= 0.3 is 0 Å². The Balaban J connectivity index is 2.17. The lowest BCUT2D eigenvalue weighted by Crippen LogP contribution is -2.26. The molecule has 0 spiro atoms. The number of rotatable bonds is 7. The van der Waals surface area contributed by atoms with E-state index in [4.69, 9.17) is 4.74 Å². The van der Waals surface area contributed by atoms with Gasteiger partial charge in [-0.1, -0.05) is 38.1 Å². The van der Waals surface area contributed by atoms with Crippen molar-refractivity contribution in [2.24, 2.45) is 5.92 Å². The van der Waals surface area contributed by atoms with Crippen molar-refractivity contribution < 1.29 is 22.3 Å². The minimum absolute atomic E-state index is 0.0942. The zero-order valence-electron chi connectivity index (χ0n) is 14.0. The molecule has 0 aliphatic rings. The van der Waals surface area contributed by atoms with Crippen molar-refractivity contribution in [2.45, 2.75) is 13.8 Å². The van der Waals surface area contributed by atoms with E-state index in [1.165, 1.54) is 12.1 Å². The summed E-state index contributed by atoms with van der Waals surface area (Å²) < 4.78 is 43.5. The number of ether oxygens (including phenoxy) is 1. The van der Waals surface area contributed by atoms with E-state index < -0.39 is 27.3 Å². The minimum atomic E-state index is -3.56. The first-order valence-corrected chi connectivity index (χ1v) is 9.60. The minimum Gasteiger partial charge on any atom is -0.455 e. The molecule has 134 valence electrons. The predicted octanol–water partition coefficient (Wildman–Crippen LogP) is 3.63. The van der Waals surface area contributed by atoms with Crippen molar-refractivity contribution >= 4 is 21.4 Å². The number of nitrogens with one attached hydrogen (secondary N) is 1. The lowest BCUT2D eigenvalue weighted by molar-refractivity contribution is -0.113. The predicted molar refractivity (Wildman–Crippen MR) is 95.0 cm³/mol. The van der Waals surface area contributed by atoms with Gasteiger partial charge in [-0.3, -0.25) is 4.79 Å². The highest BCUT2D eigenvalue weighted by Crippen LogP contribution is 2.31.